The topological polar surface area (TPSA) is 51.0 Å². The molecule has 0 radical (unpaired) electrons. The van der Waals surface area contributed by atoms with E-state index in [1.807, 2.05) is 19.4 Å². The highest BCUT2D eigenvalue weighted by molar-refractivity contribution is 7.07. The van der Waals surface area contributed by atoms with E-state index in [0.29, 0.717) is 17.7 Å². The molecule has 7 heteroatoms. The lowest BCUT2D eigenvalue weighted by atomic mass is 10.0. The molecule has 3 rings (SSSR count). The zero-order valence-electron chi connectivity index (χ0n) is 14.4. The van der Waals surface area contributed by atoms with Crippen LogP contribution >= 0.6 is 11.3 Å². The summed E-state index contributed by atoms with van der Waals surface area (Å²) in [5.74, 6) is -0.676. The number of hydrogen-bond acceptors (Lipinski definition) is 4. The first-order valence-electron chi connectivity index (χ1n) is 7.94. The third kappa shape index (κ3) is 3.61. The van der Waals surface area contributed by atoms with Crippen LogP contribution in [-0.4, -0.2) is 32.6 Å². The van der Waals surface area contributed by atoms with Crippen LogP contribution < -0.4 is 0 Å². The van der Waals surface area contributed by atoms with E-state index in [1.54, 1.807) is 29.5 Å². The second-order valence-corrected chi connectivity index (χ2v) is 6.57. The van der Waals surface area contributed by atoms with Crippen molar-refractivity contribution in [1.82, 2.24) is 19.7 Å². The van der Waals surface area contributed by atoms with Crippen molar-refractivity contribution >= 4 is 17.2 Å². The van der Waals surface area contributed by atoms with Crippen LogP contribution in [0.3, 0.4) is 0 Å². The maximum absolute atomic E-state index is 14.1. The summed E-state index contributed by atoms with van der Waals surface area (Å²) in [6, 6.07) is 4.43. The Morgan fingerprint density at radius 1 is 1.36 bits per heavy atom. The summed E-state index contributed by atoms with van der Waals surface area (Å²) >= 11 is 1.48. The third-order valence-corrected chi connectivity index (χ3v) is 4.72. The van der Waals surface area contributed by atoms with Gasteiger partial charge in [-0.05, 0) is 30.2 Å². The van der Waals surface area contributed by atoms with Crippen LogP contribution in [0.15, 0.2) is 35.3 Å². The minimum atomic E-state index is -0.436. The molecule has 0 unspecified atom stereocenters. The van der Waals surface area contributed by atoms with Crippen molar-refractivity contribution in [2.75, 3.05) is 7.05 Å². The largest absolute Gasteiger partial charge is 0.336 e. The Balaban J connectivity index is 1.92. The summed E-state index contributed by atoms with van der Waals surface area (Å²) in [7, 11) is 3.54. The maximum atomic E-state index is 14.1. The SMILES string of the molecule is CCc1c(-c2cc(F)cc(C(=O)N(C)Cc3cscn3)c2)cnn1C. The van der Waals surface area contributed by atoms with E-state index in [9.17, 15) is 9.18 Å². The van der Waals surface area contributed by atoms with Gasteiger partial charge in [0, 0.05) is 36.3 Å². The van der Waals surface area contributed by atoms with Crippen molar-refractivity contribution in [3.8, 4) is 11.1 Å². The van der Waals surface area contributed by atoms with Crippen molar-refractivity contribution in [3.63, 3.8) is 0 Å². The van der Waals surface area contributed by atoms with E-state index >= 15 is 0 Å². The third-order valence-electron chi connectivity index (χ3n) is 4.08. The van der Waals surface area contributed by atoms with Gasteiger partial charge < -0.3 is 4.90 Å². The molecule has 130 valence electrons. The first-order valence-corrected chi connectivity index (χ1v) is 8.88. The van der Waals surface area contributed by atoms with Crippen molar-refractivity contribution in [1.29, 1.82) is 0 Å². The standard InChI is InChI=1S/C18H19FN4OS/c1-4-17-16(8-21-23(17)3)12-5-13(7-14(19)6-12)18(24)22(2)9-15-10-25-11-20-15/h5-8,10-11H,4,9H2,1-3H3. The number of rotatable bonds is 5. The summed E-state index contributed by atoms with van der Waals surface area (Å²) in [6.45, 7) is 2.41. The van der Waals surface area contributed by atoms with Gasteiger partial charge in [0.15, 0.2) is 0 Å². The normalized spacial score (nSPS) is 10.9. The average molecular weight is 358 g/mol. The summed E-state index contributed by atoms with van der Waals surface area (Å²) in [5, 5.41) is 6.14. The highest BCUT2D eigenvalue weighted by Crippen LogP contribution is 2.26. The number of hydrogen-bond donors (Lipinski definition) is 0. The molecule has 0 atom stereocenters. The fourth-order valence-corrected chi connectivity index (χ4v) is 3.39. The summed E-state index contributed by atoms with van der Waals surface area (Å²) in [6.07, 6.45) is 2.48. The van der Waals surface area contributed by atoms with Crippen LogP contribution in [0.1, 0.15) is 28.7 Å². The first kappa shape index (κ1) is 17.3. The molecule has 0 fully saturated rings. The number of halogens is 1. The number of aromatic nitrogens is 3. The fourth-order valence-electron chi connectivity index (χ4n) is 2.84. The van der Waals surface area contributed by atoms with Gasteiger partial charge in [0.05, 0.1) is 23.9 Å². The van der Waals surface area contributed by atoms with Gasteiger partial charge in [0.2, 0.25) is 0 Å². The Labute approximate surface area is 149 Å². The molecule has 0 aliphatic heterocycles. The van der Waals surface area contributed by atoms with Gasteiger partial charge in [-0.15, -0.1) is 11.3 Å². The number of benzene rings is 1. The minimum absolute atomic E-state index is 0.240. The number of amides is 1. The highest BCUT2D eigenvalue weighted by Gasteiger charge is 2.17. The Hall–Kier alpha value is -2.54. The molecule has 0 aliphatic rings. The molecule has 0 N–H and O–H groups in total. The quantitative estimate of drug-likeness (QED) is 0.701. The fraction of sp³-hybridized carbons (Fsp3) is 0.278. The van der Waals surface area contributed by atoms with Crippen molar-refractivity contribution in [2.24, 2.45) is 7.05 Å². The molecule has 25 heavy (non-hydrogen) atoms. The van der Waals surface area contributed by atoms with Crippen LogP contribution in [0.25, 0.3) is 11.1 Å². The van der Waals surface area contributed by atoms with E-state index in [0.717, 1.165) is 23.4 Å². The smallest absolute Gasteiger partial charge is 0.254 e. The first-order chi connectivity index (χ1) is 12.0. The Kier molecular flexibility index (Phi) is 4.94. The zero-order valence-corrected chi connectivity index (χ0v) is 15.2. The van der Waals surface area contributed by atoms with E-state index in [4.69, 9.17) is 0 Å². The maximum Gasteiger partial charge on any atom is 0.254 e. The molecular formula is C18H19FN4OS. The Bertz CT molecular complexity index is 889. The van der Waals surface area contributed by atoms with E-state index in [-0.39, 0.29) is 5.91 Å². The van der Waals surface area contributed by atoms with E-state index in [2.05, 4.69) is 10.1 Å². The zero-order chi connectivity index (χ0) is 18.0. The van der Waals surface area contributed by atoms with E-state index < -0.39 is 5.82 Å². The van der Waals surface area contributed by atoms with Crippen LogP contribution in [0, 0.1) is 5.82 Å². The summed E-state index contributed by atoms with van der Waals surface area (Å²) < 4.78 is 15.9. The van der Waals surface area contributed by atoms with Crippen molar-refractivity contribution < 1.29 is 9.18 Å². The molecular weight excluding hydrogens is 339 g/mol. The molecule has 0 saturated carbocycles. The Morgan fingerprint density at radius 3 is 2.84 bits per heavy atom. The molecule has 0 aliphatic carbocycles. The Morgan fingerprint density at radius 2 is 2.16 bits per heavy atom. The average Bonchev–Trinajstić information content (AvgIpc) is 3.22. The number of nitrogens with zero attached hydrogens (tertiary/aromatic N) is 4. The molecule has 5 nitrogen and oxygen atoms in total. The van der Waals surface area contributed by atoms with Gasteiger partial charge in [-0.1, -0.05) is 6.92 Å². The van der Waals surface area contributed by atoms with Crippen LogP contribution in [0.5, 0.6) is 0 Å². The molecule has 0 spiro atoms. The second kappa shape index (κ2) is 7.14. The van der Waals surface area contributed by atoms with Crippen LogP contribution in [0.4, 0.5) is 4.39 Å². The highest BCUT2D eigenvalue weighted by atomic mass is 32.1. The molecule has 0 bridgehead atoms. The number of aryl methyl sites for hydroxylation is 1. The van der Waals surface area contributed by atoms with Crippen molar-refractivity contribution in [3.05, 3.63) is 58.1 Å². The summed E-state index contributed by atoms with van der Waals surface area (Å²) in [4.78, 5) is 18.4. The lowest BCUT2D eigenvalue weighted by Gasteiger charge is -2.16. The molecule has 0 saturated heterocycles. The lowest BCUT2D eigenvalue weighted by Crippen LogP contribution is -2.26. The van der Waals surface area contributed by atoms with Crippen LogP contribution in [-0.2, 0) is 20.0 Å². The molecule has 1 amide bonds. The molecule has 3 aromatic rings. The van der Waals surface area contributed by atoms with Gasteiger partial charge in [-0.3, -0.25) is 9.48 Å². The minimum Gasteiger partial charge on any atom is -0.336 e. The van der Waals surface area contributed by atoms with E-state index in [1.165, 1.54) is 28.4 Å². The molecule has 1 aromatic carbocycles. The predicted octanol–water partition coefficient (Wildman–Crippen LogP) is 3.52. The van der Waals surface area contributed by atoms with Gasteiger partial charge in [0.1, 0.15) is 5.82 Å². The van der Waals surface area contributed by atoms with Crippen LogP contribution in [0.2, 0.25) is 0 Å². The molecule has 2 aromatic heterocycles. The van der Waals surface area contributed by atoms with Gasteiger partial charge in [0.25, 0.3) is 5.91 Å². The second-order valence-electron chi connectivity index (χ2n) is 5.85. The number of carbonyl (C=O) groups excluding carboxylic acids is 1. The number of carbonyl (C=O) groups is 1. The van der Waals surface area contributed by atoms with Gasteiger partial charge in [-0.2, -0.15) is 5.10 Å². The lowest BCUT2D eigenvalue weighted by molar-refractivity contribution is 0.0783. The predicted molar refractivity (Wildman–Crippen MR) is 95.9 cm³/mol. The van der Waals surface area contributed by atoms with Crippen molar-refractivity contribution in [2.45, 2.75) is 19.9 Å². The monoisotopic (exact) mass is 358 g/mol. The summed E-state index contributed by atoms with van der Waals surface area (Å²) in [5.41, 5.74) is 5.37. The number of thiazole rings is 1. The van der Waals surface area contributed by atoms with Gasteiger partial charge in [-0.25, -0.2) is 9.37 Å². The van der Waals surface area contributed by atoms with Gasteiger partial charge >= 0.3 is 0 Å². The molecule has 2 heterocycles.